The molecule has 43 heavy (non-hydrogen) atoms. The highest BCUT2D eigenvalue weighted by atomic mass is 32.1. The normalized spacial score (nSPS) is 14.9. The van der Waals surface area contributed by atoms with E-state index >= 15 is 0 Å². The molecule has 0 saturated heterocycles. The molecule has 204 valence electrons. The first-order chi connectivity index (χ1) is 21.3. The van der Waals surface area contributed by atoms with Gasteiger partial charge < -0.3 is 9.32 Å². The van der Waals surface area contributed by atoms with Crippen molar-refractivity contribution in [1.29, 1.82) is 0 Å². The van der Waals surface area contributed by atoms with Gasteiger partial charge in [-0.3, -0.25) is 0 Å². The molecule has 9 rings (SSSR count). The predicted molar refractivity (Wildman–Crippen MR) is 185 cm³/mol. The molecule has 0 amide bonds. The Bertz CT molecular complexity index is 2390. The topological polar surface area (TPSA) is 16.4 Å². The second kappa shape index (κ2) is 9.72. The molecule has 1 aliphatic carbocycles. The molecule has 8 aromatic rings. The summed E-state index contributed by atoms with van der Waals surface area (Å²) in [4.78, 5) is 2.57. The summed E-state index contributed by atoms with van der Waals surface area (Å²) in [6, 6.07) is 43.9. The Morgan fingerprint density at radius 3 is 2.16 bits per heavy atom. The molecule has 0 bridgehead atoms. The molecule has 6 aromatic carbocycles. The zero-order valence-corrected chi connectivity index (χ0v) is 24.2. The Labute approximate surface area is 253 Å². The maximum absolute atomic E-state index is 6.81. The number of benzene rings is 6. The Morgan fingerprint density at radius 1 is 0.581 bits per heavy atom. The lowest BCUT2D eigenvalue weighted by Gasteiger charge is -2.34. The molecule has 0 spiro atoms. The lowest BCUT2D eigenvalue weighted by molar-refractivity contribution is 0.673. The fourth-order valence-electron chi connectivity index (χ4n) is 6.81. The zero-order chi connectivity index (χ0) is 28.3. The summed E-state index contributed by atoms with van der Waals surface area (Å²) >= 11 is 1.89. The van der Waals surface area contributed by atoms with Crippen molar-refractivity contribution < 1.29 is 4.42 Å². The van der Waals surface area contributed by atoms with Crippen LogP contribution in [0.3, 0.4) is 0 Å². The molecule has 2 aromatic heterocycles. The molecule has 0 N–H and O–H groups in total. The number of hydrogen-bond acceptors (Lipinski definition) is 3. The van der Waals surface area contributed by atoms with Crippen LogP contribution in [0.25, 0.3) is 64.0 Å². The summed E-state index contributed by atoms with van der Waals surface area (Å²) in [5.74, 6) is 0. The third-order valence-electron chi connectivity index (χ3n) is 8.76. The summed E-state index contributed by atoms with van der Waals surface area (Å²) in [5, 5.41) is 7.24. The van der Waals surface area contributed by atoms with Gasteiger partial charge in [-0.2, -0.15) is 0 Å². The van der Waals surface area contributed by atoms with Crippen molar-refractivity contribution in [3.05, 3.63) is 146 Å². The van der Waals surface area contributed by atoms with Gasteiger partial charge in [0, 0.05) is 42.6 Å². The summed E-state index contributed by atoms with van der Waals surface area (Å²) in [6.45, 7) is 0. The number of para-hydroxylation sites is 1. The minimum absolute atomic E-state index is 0.180. The van der Waals surface area contributed by atoms with Crippen molar-refractivity contribution >= 4 is 75.6 Å². The van der Waals surface area contributed by atoms with E-state index in [2.05, 4.69) is 151 Å². The number of nitrogens with zero attached hydrogens (tertiary/aromatic N) is 1. The summed E-state index contributed by atoms with van der Waals surface area (Å²) < 4.78 is 9.44. The number of fused-ring (bicyclic) bond motifs is 8. The van der Waals surface area contributed by atoms with E-state index in [9.17, 15) is 0 Å². The second-order valence-corrected chi connectivity index (χ2v) is 12.3. The van der Waals surface area contributed by atoms with E-state index in [4.69, 9.17) is 4.42 Å². The maximum atomic E-state index is 6.81. The van der Waals surface area contributed by atoms with Crippen LogP contribution in [-0.2, 0) is 0 Å². The molecule has 2 nitrogen and oxygen atoms in total. The van der Waals surface area contributed by atoms with Crippen molar-refractivity contribution in [3.63, 3.8) is 0 Å². The minimum atomic E-state index is 0.180. The van der Waals surface area contributed by atoms with E-state index in [1.165, 1.54) is 36.9 Å². The SMILES string of the molecule is C1=CCC(N(c2cc3c4cccc(-c5ccccc5)c4oc3c3ccccc23)c2cccc3c2sc2ccccc23)C=C1. The number of thiophene rings is 1. The van der Waals surface area contributed by atoms with E-state index in [0.29, 0.717) is 0 Å². The molecule has 3 heteroatoms. The van der Waals surface area contributed by atoms with Gasteiger partial charge in [0.05, 0.1) is 22.1 Å². The first-order valence-electron chi connectivity index (χ1n) is 14.8. The predicted octanol–water partition coefficient (Wildman–Crippen LogP) is 11.8. The Kier molecular flexibility index (Phi) is 5.53. The summed E-state index contributed by atoms with van der Waals surface area (Å²) in [5.41, 5.74) is 6.60. The van der Waals surface area contributed by atoms with Gasteiger partial charge in [0.2, 0.25) is 0 Å². The van der Waals surface area contributed by atoms with E-state index in [1.807, 2.05) is 11.3 Å². The van der Waals surface area contributed by atoms with Gasteiger partial charge in [-0.15, -0.1) is 11.3 Å². The van der Waals surface area contributed by atoms with Crippen LogP contribution in [0.5, 0.6) is 0 Å². The average Bonchev–Trinajstić information content (AvgIpc) is 3.65. The van der Waals surface area contributed by atoms with Crippen LogP contribution in [0.1, 0.15) is 6.42 Å². The van der Waals surface area contributed by atoms with Gasteiger partial charge in [-0.1, -0.05) is 127 Å². The van der Waals surface area contributed by atoms with E-state index < -0.39 is 0 Å². The summed E-state index contributed by atoms with van der Waals surface area (Å²) in [6.07, 6.45) is 9.90. The number of hydrogen-bond donors (Lipinski definition) is 0. The van der Waals surface area contributed by atoms with E-state index in [0.717, 1.165) is 44.9 Å². The van der Waals surface area contributed by atoms with Crippen LogP contribution in [0, 0.1) is 0 Å². The zero-order valence-electron chi connectivity index (χ0n) is 23.4. The molecule has 0 aliphatic heterocycles. The van der Waals surface area contributed by atoms with Gasteiger partial charge in [0.15, 0.2) is 0 Å². The molecule has 1 unspecified atom stereocenters. The van der Waals surface area contributed by atoms with Gasteiger partial charge >= 0.3 is 0 Å². The molecule has 0 radical (unpaired) electrons. The van der Waals surface area contributed by atoms with Crippen LogP contribution >= 0.6 is 11.3 Å². The molecule has 1 aliphatic rings. The van der Waals surface area contributed by atoms with Gasteiger partial charge in [0.25, 0.3) is 0 Å². The molecule has 1 atom stereocenters. The highest BCUT2D eigenvalue weighted by molar-refractivity contribution is 7.26. The third kappa shape index (κ3) is 3.78. The minimum Gasteiger partial charge on any atom is -0.455 e. The first kappa shape index (κ1) is 24.5. The molecule has 0 fully saturated rings. The van der Waals surface area contributed by atoms with Crippen molar-refractivity contribution in [2.75, 3.05) is 4.90 Å². The van der Waals surface area contributed by atoms with Crippen molar-refractivity contribution in [3.8, 4) is 11.1 Å². The lowest BCUT2D eigenvalue weighted by Crippen LogP contribution is -2.30. The molecular formula is C40H27NOS. The molecule has 2 heterocycles. The smallest absolute Gasteiger partial charge is 0.143 e. The maximum Gasteiger partial charge on any atom is 0.143 e. The van der Waals surface area contributed by atoms with Crippen LogP contribution < -0.4 is 4.90 Å². The van der Waals surface area contributed by atoms with Crippen molar-refractivity contribution in [1.82, 2.24) is 0 Å². The van der Waals surface area contributed by atoms with Crippen molar-refractivity contribution in [2.45, 2.75) is 12.5 Å². The van der Waals surface area contributed by atoms with E-state index in [-0.39, 0.29) is 6.04 Å². The fourth-order valence-corrected chi connectivity index (χ4v) is 8.03. The molecular weight excluding hydrogens is 543 g/mol. The highest BCUT2D eigenvalue weighted by Crippen LogP contribution is 2.47. The Balaban J connectivity index is 1.37. The van der Waals surface area contributed by atoms with Crippen LogP contribution in [0.15, 0.2) is 150 Å². The summed E-state index contributed by atoms with van der Waals surface area (Å²) in [7, 11) is 0. The first-order valence-corrected chi connectivity index (χ1v) is 15.6. The second-order valence-electron chi connectivity index (χ2n) is 11.2. The average molecular weight is 570 g/mol. The van der Waals surface area contributed by atoms with Gasteiger partial charge in [-0.25, -0.2) is 0 Å². The monoisotopic (exact) mass is 569 g/mol. The number of rotatable bonds is 4. The molecule has 0 saturated carbocycles. The van der Waals surface area contributed by atoms with Crippen LogP contribution in [-0.4, -0.2) is 6.04 Å². The van der Waals surface area contributed by atoms with Gasteiger partial charge in [-0.05, 0) is 30.2 Å². The number of furan rings is 1. The highest BCUT2D eigenvalue weighted by Gasteiger charge is 2.26. The quantitative estimate of drug-likeness (QED) is 0.210. The number of allylic oxidation sites excluding steroid dienone is 2. The van der Waals surface area contributed by atoms with E-state index in [1.54, 1.807) is 0 Å². The van der Waals surface area contributed by atoms with Crippen molar-refractivity contribution in [2.24, 2.45) is 0 Å². The Hall–Kier alpha value is -5.12. The Morgan fingerprint density at radius 2 is 1.30 bits per heavy atom. The lowest BCUT2D eigenvalue weighted by atomic mass is 9.98. The standard InChI is InChI=1S/C40H27NOS/c1-3-13-26(14-4-1)28-20-11-21-32-34-25-36(29-17-7-8-19-31(29)39(34)42-38(28)32)41(27-15-5-2-6-16-27)35-23-12-22-33-30-18-9-10-24-37(30)43-40(33)35/h1-15,17-25,27H,16H2. The third-order valence-corrected chi connectivity index (χ3v) is 9.97. The fraction of sp³-hybridized carbons (Fsp3) is 0.0500. The largest absolute Gasteiger partial charge is 0.455 e. The van der Waals surface area contributed by atoms with Crippen LogP contribution in [0.2, 0.25) is 0 Å². The number of anilines is 2. The van der Waals surface area contributed by atoms with Crippen LogP contribution in [0.4, 0.5) is 11.4 Å². The van der Waals surface area contributed by atoms with Gasteiger partial charge in [0.1, 0.15) is 11.2 Å².